The van der Waals surface area contributed by atoms with Crippen LogP contribution in [-0.2, 0) is 9.53 Å². The molecule has 0 unspecified atom stereocenters. The van der Waals surface area contributed by atoms with Crippen LogP contribution in [0.2, 0.25) is 0 Å². The summed E-state index contributed by atoms with van der Waals surface area (Å²) >= 11 is 0. The summed E-state index contributed by atoms with van der Waals surface area (Å²) in [5.41, 5.74) is 1.69. The van der Waals surface area contributed by atoms with Gasteiger partial charge in [0.2, 0.25) is 0 Å². The van der Waals surface area contributed by atoms with Gasteiger partial charge >= 0.3 is 5.97 Å². The molecule has 0 saturated carbocycles. The fourth-order valence-corrected chi connectivity index (χ4v) is 2.47. The van der Waals surface area contributed by atoms with Gasteiger partial charge in [0.05, 0.1) is 36.2 Å². The highest BCUT2D eigenvalue weighted by Gasteiger charge is 2.18. The normalized spacial score (nSPS) is 9.64. The first-order valence-corrected chi connectivity index (χ1v) is 8.75. The van der Waals surface area contributed by atoms with Crippen LogP contribution < -0.4 is 5.32 Å². The number of nitrogens with zero attached hydrogens (tertiary/aromatic N) is 3. The molecular formula is C21H20N4O3. The molecule has 28 heavy (non-hydrogen) atoms. The number of amides is 1. The Morgan fingerprint density at radius 2 is 1.54 bits per heavy atom. The van der Waals surface area contributed by atoms with Crippen LogP contribution in [0, 0.1) is 22.7 Å². The van der Waals surface area contributed by atoms with Crippen molar-refractivity contribution >= 4 is 23.3 Å². The molecule has 0 aliphatic carbocycles. The van der Waals surface area contributed by atoms with E-state index in [1.165, 1.54) is 4.90 Å². The largest absolute Gasteiger partial charge is 0.452 e. The first kappa shape index (κ1) is 20.5. The lowest BCUT2D eigenvalue weighted by molar-refractivity contribution is -0.134. The number of carbonyl (C=O) groups is 2. The highest BCUT2D eigenvalue weighted by atomic mass is 16.5. The molecule has 0 aliphatic heterocycles. The second-order valence-electron chi connectivity index (χ2n) is 5.81. The number of ether oxygens (including phenoxy) is 1. The van der Waals surface area contributed by atoms with Crippen LogP contribution in [0.3, 0.4) is 0 Å². The Balaban J connectivity index is 2.01. The van der Waals surface area contributed by atoms with Crippen LogP contribution >= 0.6 is 0 Å². The Kier molecular flexibility index (Phi) is 8.04. The Hall–Kier alpha value is -3.84. The quantitative estimate of drug-likeness (QED) is 0.673. The molecule has 0 aliphatic rings. The molecule has 1 amide bonds. The maximum Gasteiger partial charge on any atom is 0.340 e. The summed E-state index contributed by atoms with van der Waals surface area (Å²) in [4.78, 5) is 26.1. The molecule has 0 fully saturated rings. The van der Waals surface area contributed by atoms with Gasteiger partial charge in [0.1, 0.15) is 0 Å². The number of nitrogens with one attached hydrogen (secondary N) is 1. The Bertz CT molecular complexity index is 867. The molecule has 0 spiro atoms. The summed E-state index contributed by atoms with van der Waals surface area (Å²) in [6, 6.07) is 20.2. The molecule has 2 aromatic rings. The zero-order chi connectivity index (χ0) is 20.2. The lowest BCUT2D eigenvalue weighted by Gasteiger charge is -2.20. The molecule has 1 N–H and O–H groups in total. The standard InChI is InChI=1S/C21H20N4O3/c22-12-6-14-25(15-7-13-23)20(26)16-28-21(27)18-10-4-5-11-19(18)24-17-8-2-1-3-9-17/h1-5,8-11,24H,6-7,14-16H2. The monoisotopic (exact) mass is 376 g/mol. The topological polar surface area (TPSA) is 106 Å². The minimum absolute atomic E-state index is 0.148. The number of nitriles is 2. The van der Waals surface area contributed by atoms with E-state index in [0.29, 0.717) is 11.3 Å². The lowest BCUT2D eigenvalue weighted by atomic mass is 10.1. The maximum absolute atomic E-state index is 12.5. The second-order valence-corrected chi connectivity index (χ2v) is 5.81. The number of hydrogen-bond acceptors (Lipinski definition) is 6. The molecule has 0 saturated heterocycles. The summed E-state index contributed by atoms with van der Waals surface area (Å²) in [6.07, 6.45) is 0.296. The molecule has 2 rings (SSSR count). The van der Waals surface area contributed by atoms with Gasteiger partial charge in [-0.25, -0.2) is 4.79 Å². The number of rotatable bonds is 9. The van der Waals surface area contributed by atoms with E-state index in [0.717, 1.165) is 5.69 Å². The van der Waals surface area contributed by atoms with Gasteiger partial charge in [0, 0.05) is 18.8 Å². The fraction of sp³-hybridized carbons (Fsp3) is 0.238. The predicted octanol–water partition coefficient (Wildman–Crippen LogP) is 3.24. The van der Waals surface area contributed by atoms with E-state index in [-0.39, 0.29) is 25.9 Å². The van der Waals surface area contributed by atoms with Gasteiger partial charge in [-0.05, 0) is 24.3 Å². The maximum atomic E-state index is 12.5. The minimum Gasteiger partial charge on any atom is -0.452 e. The first-order chi connectivity index (χ1) is 13.7. The summed E-state index contributed by atoms with van der Waals surface area (Å²) in [7, 11) is 0. The Labute approximate surface area is 163 Å². The minimum atomic E-state index is -0.632. The van der Waals surface area contributed by atoms with Gasteiger partial charge in [-0.2, -0.15) is 10.5 Å². The molecule has 0 bridgehead atoms. The van der Waals surface area contributed by atoms with Gasteiger partial charge in [-0.3, -0.25) is 4.79 Å². The Morgan fingerprint density at radius 1 is 0.929 bits per heavy atom. The van der Waals surface area contributed by atoms with Crippen LogP contribution in [0.5, 0.6) is 0 Å². The average molecular weight is 376 g/mol. The predicted molar refractivity (Wildman–Crippen MR) is 103 cm³/mol. The van der Waals surface area contributed by atoms with Crippen molar-refractivity contribution in [2.45, 2.75) is 12.8 Å². The van der Waals surface area contributed by atoms with Crippen molar-refractivity contribution in [3.05, 3.63) is 60.2 Å². The average Bonchev–Trinajstić information content (AvgIpc) is 2.73. The number of carbonyl (C=O) groups excluding carboxylic acids is 2. The summed E-state index contributed by atoms with van der Waals surface area (Å²) < 4.78 is 5.17. The molecule has 7 heteroatoms. The zero-order valence-electron chi connectivity index (χ0n) is 15.3. The smallest absolute Gasteiger partial charge is 0.340 e. The van der Waals surface area contributed by atoms with Crippen molar-refractivity contribution in [2.75, 3.05) is 25.0 Å². The highest BCUT2D eigenvalue weighted by Crippen LogP contribution is 2.21. The SMILES string of the molecule is N#CCCN(CCC#N)C(=O)COC(=O)c1ccccc1Nc1ccccc1. The molecule has 142 valence electrons. The van der Waals surface area contributed by atoms with E-state index >= 15 is 0 Å². The van der Waals surface area contributed by atoms with E-state index in [2.05, 4.69) is 5.32 Å². The van der Waals surface area contributed by atoms with Crippen LogP contribution in [-0.4, -0.2) is 36.5 Å². The van der Waals surface area contributed by atoms with Crippen molar-refractivity contribution in [3.8, 4) is 12.1 Å². The van der Waals surface area contributed by atoms with Crippen molar-refractivity contribution in [1.82, 2.24) is 4.90 Å². The first-order valence-electron chi connectivity index (χ1n) is 8.75. The lowest BCUT2D eigenvalue weighted by Crippen LogP contribution is -2.36. The fourth-order valence-electron chi connectivity index (χ4n) is 2.47. The molecule has 7 nitrogen and oxygen atoms in total. The molecule has 0 aromatic heterocycles. The third-order valence-corrected chi connectivity index (χ3v) is 3.87. The van der Waals surface area contributed by atoms with Crippen LogP contribution in [0.15, 0.2) is 54.6 Å². The van der Waals surface area contributed by atoms with Crippen molar-refractivity contribution in [1.29, 1.82) is 10.5 Å². The number of hydrogen-bond donors (Lipinski definition) is 1. The van der Waals surface area contributed by atoms with Gasteiger partial charge in [0.15, 0.2) is 6.61 Å². The summed E-state index contributed by atoms with van der Waals surface area (Å²) in [6.45, 7) is -0.0587. The van der Waals surface area contributed by atoms with Crippen LogP contribution in [0.4, 0.5) is 11.4 Å². The van der Waals surface area contributed by atoms with Gasteiger partial charge in [-0.15, -0.1) is 0 Å². The van der Waals surface area contributed by atoms with Crippen molar-refractivity contribution in [3.63, 3.8) is 0 Å². The summed E-state index contributed by atoms with van der Waals surface area (Å²) in [5, 5.41) is 20.5. The third kappa shape index (κ3) is 6.15. The summed E-state index contributed by atoms with van der Waals surface area (Å²) in [5.74, 6) is -1.07. The molecule has 0 radical (unpaired) electrons. The number of esters is 1. The number of anilines is 2. The van der Waals surface area contributed by atoms with E-state index in [4.69, 9.17) is 15.3 Å². The zero-order valence-corrected chi connectivity index (χ0v) is 15.3. The molecule has 0 atom stereocenters. The van der Waals surface area contributed by atoms with Crippen molar-refractivity contribution < 1.29 is 14.3 Å². The third-order valence-electron chi connectivity index (χ3n) is 3.87. The van der Waals surface area contributed by atoms with E-state index in [1.807, 2.05) is 42.5 Å². The molecule has 2 aromatic carbocycles. The van der Waals surface area contributed by atoms with Gasteiger partial charge < -0.3 is 15.0 Å². The van der Waals surface area contributed by atoms with Gasteiger partial charge in [-0.1, -0.05) is 30.3 Å². The number of benzene rings is 2. The number of para-hydroxylation sites is 2. The van der Waals surface area contributed by atoms with Crippen LogP contribution in [0.1, 0.15) is 23.2 Å². The molecular weight excluding hydrogens is 356 g/mol. The van der Waals surface area contributed by atoms with E-state index < -0.39 is 18.5 Å². The van der Waals surface area contributed by atoms with Crippen LogP contribution in [0.25, 0.3) is 0 Å². The van der Waals surface area contributed by atoms with Crippen molar-refractivity contribution in [2.24, 2.45) is 0 Å². The van der Waals surface area contributed by atoms with Gasteiger partial charge in [0.25, 0.3) is 5.91 Å². The van der Waals surface area contributed by atoms with E-state index in [9.17, 15) is 9.59 Å². The van der Waals surface area contributed by atoms with E-state index in [1.54, 1.807) is 24.3 Å². The Morgan fingerprint density at radius 3 is 2.18 bits per heavy atom. The second kappa shape index (κ2) is 11.0. The molecule has 0 heterocycles. The highest BCUT2D eigenvalue weighted by molar-refractivity contribution is 5.97.